The lowest BCUT2D eigenvalue weighted by Gasteiger charge is -2.13. The van der Waals surface area contributed by atoms with Crippen LogP contribution in [0, 0.1) is 0 Å². The number of rotatable bonds is 7. The van der Waals surface area contributed by atoms with Crippen molar-refractivity contribution >= 4 is 37.0 Å². The Balaban J connectivity index is 0.00000182. The molecule has 3 rings (SSSR count). The molecule has 3 N–H and O–H groups in total. The van der Waals surface area contributed by atoms with E-state index in [4.69, 9.17) is 15.3 Å². The lowest BCUT2D eigenvalue weighted by atomic mass is 10.2. The lowest BCUT2D eigenvalue weighted by Crippen LogP contribution is -2.10. The van der Waals surface area contributed by atoms with E-state index in [1.807, 2.05) is 48.5 Å². The third kappa shape index (κ3) is 5.77. The minimum atomic E-state index is 0. The Morgan fingerprint density at radius 2 is 1.93 bits per heavy atom. The van der Waals surface area contributed by atoms with Crippen LogP contribution in [0.3, 0.4) is 0 Å². The van der Waals surface area contributed by atoms with Gasteiger partial charge < -0.3 is 15.3 Å². The zero-order chi connectivity index (χ0) is 17.5. The summed E-state index contributed by atoms with van der Waals surface area (Å²) in [5.41, 5.74) is 4.53. The Labute approximate surface area is 169 Å². The van der Waals surface area contributed by atoms with Crippen molar-refractivity contribution in [2.24, 2.45) is 5.10 Å². The molecule has 0 fully saturated rings. The second kappa shape index (κ2) is 10.9. The highest BCUT2D eigenvalue weighted by atomic mass is 35.5. The molecule has 3 aromatic rings. The summed E-state index contributed by atoms with van der Waals surface area (Å²) in [6.45, 7) is 0.423. The molecule has 2 aromatic carbocycles. The van der Waals surface area contributed by atoms with Crippen LogP contribution in [0.15, 0.2) is 60.0 Å². The van der Waals surface area contributed by atoms with Gasteiger partial charge >= 0.3 is 0 Å². The fourth-order valence-electron chi connectivity index (χ4n) is 2.16. The summed E-state index contributed by atoms with van der Waals surface area (Å²) in [5.74, 6) is 7.18. The molecule has 27 heavy (non-hydrogen) atoms. The van der Waals surface area contributed by atoms with Crippen LogP contribution in [-0.4, -0.2) is 28.2 Å². The van der Waals surface area contributed by atoms with Crippen molar-refractivity contribution < 1.29 is 9.47 Å². The Morgan fingerprint density at radius 3 is 2.59 bits per heavy atom. The first-order valence-electron chi connectivity index (χ1n) is 7.56. The van der Waals surface area contributed by atoms with Crippen molar-refractivity contribution in [2.45, 2.75) is 6.61 Å². The number of benzene rings is 2. The summed E-state index contributed by atoms with van der Waals surface area (Å²) >= 11 is 0. The number of anilines is 1. The first-order valence-corrected chi connectivity index (χ1v) is 7.56. The van der Waals surface area contributed by atoms with Crippen molar-refractivity contribution in [2.75, 3.05) is 18.4 Å². The molecule has 0 spiro atoms. The predicted molar refractivity (Wildman–Crippen MR) is 110 cm³/mol. The first-order chi connectivity index (χ1) is 12.3. The molecule has 1 heterocycles. The Hall–Kier alpha value is -2.97. The van der Waals surface area contributed by atoms with E-state index in [1.54, 1.807) is 13.3 Å². The van der Waals surface area contributed by atoms with Gasteiger partial charge in [0.25, 0.3) is 5.95 Å². The number of hydrogen-bond acceptors (Lipinski definition) is 7. The van der Waals surface area contributed by atoms with E-state index in [-0.39, 0.29) is 24.8 Å². The number of ether oxygens (including phenoxy) is 2. The number of methoxy groups -OCH3 is 1. The maximum Gasteiger partial charge on any atom is 0.263 e. The molecule has 0 unspecified atom stereocenters. The average molecular weight is 411 g/mol. The predicted octanol–water partition coefficient (Wildman–Crippen LogP) is 2.87. The Kier molecular flexibility index (Phi) is 8.91. The van der Waals surface area contributed by atoms with Crippen molar-refractivity contribution in [1.29, 1.82) is 0 Å². The molecule has 0 amide bonds. The molecule has 0 radical (unpaired) electrons. The number of nitrogens with one attached hydrogen (secondary N) is 1. The van der Waals surface area contributed by atoms with Crippen LogP contribution >= 0.6 is 24.8 Å². The maximum absolute atomic E-state index is 5.95. The molecule has 0 saturated heterocycles. The average Bonchev–Trinajstić information content (AvgIpc) is 3.06. The van der Waals surface area contributed by atoms with Crippen LogP contribution in [-0.2, 0) is 6.61 Å². The summed E-state index contributed by atoms with van der Waals surface area (Å²) in [6.07, 6.45) is 2.98. The van der Waals surface area contributed by atoms with Crippen molar-refractivity contribution in [3.63, 3.8) is 0 Å². The topological polar surface area (TPSA) is 99.6 Å². The third-order valence-corrected chi connectivity index (χ3v) is 3.40. The molecule has 144 valence electrons. The molecule has 1 aromatic heterocycles. The summed E-state index contributed by atoms with van der Waals surface area (Å²) in [4.78, 5) is 0. The first kappa shape index (κ1) is 22.1. The zero-order valence-corrected chi connectivity index (χ0v) is 16.1. The van der Waals surface area contributed by atoms with Gasteiger partial charge in [0.15, 0.2) is 11.5 Å². The number of nitrogens with zero attached hydrogens (tertiary/aromatic N) is 4. The van der Waals surface area contributed by atoms with E-state index >= 15 is 0 Å². The number of hydrazone groups is 1. The van der Waals surface area contributed by atoms with Gasteiger partial charge in [-0.1, -0.05) is 36.4 Å². The Morgan fingerprint density at radius 1 is 1.15 bits per heavy atom. The van der Waals surface area contributed by atoms with E-state index in [0.717, 1.165) is 11.1 Å². The second-order valence-electron chi connectivity index (χ2n) is 5.08. The third-order valence-electron chi connectivity index (χ3n) is 3.40. The SMILES string of the molecule is COc1cccc(/C=N/Nc2nncn2N)c1OCc1ccccc1.Cl.Cl. The number of para-hydroxylation sites is 1. The minimum absolute atomic E-state index is 0. The lowest BCUT2D eigenvalue weighted by molar-refractivity contribution is 0.284. The normalized spacial score (nSPS) is 9.96. The molecule has 0 aliphatic carbocycles. The van der Waals surface area contributed by atoms with Gasteiger partial charge in [-0.3, -0.25) is 0 Å². The van der Waals surface area contributed by atoms with Crippen LogP contribution < -0.4 is 20.7 Å². The maximum atomic E-state index is 5.95. The summed E-state index contributed by atoms with van der Waals surface area (Å²) in [7, 11) is 1.60. The highest BCUT2D eigenvalue weighted by Gasteiger charge is 2.10. The number of aromatic nitrogens is 3. The molecule has 0 atom stereocenters. The van der Waals surface area contributed by atoms with Gasteiger partial charge in [-0.15, -0.1) is 35.0 Å². The smallest absolute Gasteiger partial charge is 0.263 e. The fourth-order valence-corrected chi connectivity index (χ4v) is 2.16. The van der Waals surface area contributed by atoms with Crippen LogP contribution in [0.25, 0.3) is 0 Å². The zero-order valence-electron chi connectivity index (χ0n) is 14.5. The van der Waals surface area contributed by atoms with E-state index in [2.05, 4.69) is 20.7 Å². The molecule has 0 saturated carbocycles. The Bertz CT molecular complexity index is 858. The summed E-state index contributed by atoms with van der Waals surface area (Å²) < 4.78 is 12.6. The van der Waals surface area contributed by atoms with Crippen LogP contribution in [0.1, 0.15) is 11.1 Å². The van der Waals surface area contributed by atoms with Crippen molar-refractivity contribution in [3.05, 3.63) is 66.0 Å². The molecule has 0 aliphatic heterocycles. The van der Waals surface area contributed by atoms with Gasteiger partial charge in [0, 0.05) is 5.56 Å². The second-order valence-corrected chi connectivity index (χ2v) is 5.08. The summed E-state index contributed by atoms with van der Waals surface area (Å²) in [5, 5.41) is 11.6. The van der Waals surface area contributed by atoms with Gasteiger partial charge in [0.1, 0.15) is 12.9 Å². The number of nitrogen functional groups attached to an aromatic ring is 1. The van der Waals surface area contributed by atoms with Crippen molar-refractivity contribution in [1.82, 2.24) is 14.9 Å². The standard InChI is InChI=1S/C17H18N6O2.2ClH/c1-24-15-9-5-8-14(10-19-21-17-22-20-12-23(17)18)16(15)25-11-13-6-3-2-4-7-13;;/h2-10,12H,11,18H2,1H3,(H,21,22);2*1H/b19-10+;;. The monoisotopic (exact) mass is 410 g/mol. The number of halogens is 2. The van der Waals surface area contributed by atoms with E-state index in [1.165, 1.54) is 11.0 Å². The highest BCUT2D eigenvalue weighted by molar-refractivity contribution is 5.86. The molecule has 8 nitrogen and oxygen atoms in total. The molecular formula is C17H20Cl2N6O2. The van der Waals surface area contributed by atoms with Gasteiger partial charge in [-0.2, -0.15) is 5.10 Å². The van der Waals surface area contributed by atoms with Crippen LogP contribution in [0.2, 0.25) is 0 Å². The van der Waals surface area contributed by atoms with Gasteiger partial charge in [0.05, 0.1) is 13.3 Å². The molecule has 0 aliphatic rings. The number of hydrogen-bond donors (Lipinski definition) is 2. The number of nitrogens with two attached hydrogens (primary N) is 1. The fraction of sp³-hybridized carbons (Fsp3) is 0.118. The van der Waals surface area contributed by atoms with Crippen molar-refractivity contribution in [3.8, 4) is 11.5 Å². The molecule has 10 heteroatoms. The minimum Gasteiger partial charge on any atom is -0.493 e. The largest absolute Gasteiger partial charge is 0.493 e. The van der Waals surface area contributed by atoms with Crippen LogP contribution in [0.5, 0.6) is 11.5 Å². The molecular weight excluding hydrogens is 391 g/mol. The highest BCUT2D eigenvalue weighted by Crippen LogP contribution is 2.30. The van der Waals surface area contributed by atoms with Gasteiger partial charge in [-0.05, 0) is 17.7 Å². The van der Waals surface area contributed by atoms with E-state index < -0.39 is 0 Å². The van der Waals surface area contributed by atoms with Gasteiger partial charge in [0.2, 0.25) is 0 Å². The molecule has 0 bridgehead atoms. The quantitative estimate of drug-likeness (QED) is 0.352. The van der Waals surface area contributed by atoms with Crippen LogP contribution in [0.4, 0.5) is 5.95 Å². The van der Waals surface area contributed by atoms with Gasteiger partial charge in [-0.25, -0.2) is 10.1 Å². The van der Waals surface area contributed by atoms with E-state index in [0.29, 0.717) is 24.1 Å². The van der Waals surface area contributed by atoms with E-state index in [9.17, 15) is 0 Å². The summed E-state index contributed by atoms with van der Waals surface area (Å²) in [6, 6.07) is 15.5.